The second kappa shape index (κ2) is 4.72. The van der Waals surface area contributed by atoms with E-state index >= 15 is 0 Å². The number of nitrogens with zero attached hydrogens (tertiary/aromatic N) is 2. The Morgan fingerprint density at radius 1 is 1.17 bits per heavy atom. The normalized spacial score (nSPS) is 10.7. The van der Waals surface area contributed by atoms with E-state index in [4.69, 9.17) is 5.73 Å². The third-order valence-electron chi connectivity index (χ3n) is 2.75. The van der Waals surface area contributed by atoms with Gasteiger partial charge >= 0.3 is 0 Å². The van der Waals surface area contributed by atoms with Crippen LogP contribution in [0.25, 0.3) is 10.2 Å². The number of para-hydroxylation sites is 1. The third kappa shape index (κ3) is 1.94. The van der Waals surface area contributed by atoms with Crippen molar-refractivity contribution in [3.05, 3.63) is 47.6 Å². The molecule has 3 aromatic rings. The highest BCUT2D eigenvalue weighted by Gasteiger charge is 2.06. The molecule has 0 spiro atoms. The van der Waals surface area contributed by atoms with Gasteiger partial charge in [-0.05, 0) is 23.1 Å². The molecule has 0 aliphatic carbocycles. The average Bonchev–Trinajstić information content (AvgIpc) is 2.89. The van der Waals surface area contributed by atoms with Crippen LogP contribution in [-0.2, 0) is 6.54 Å². The van der Waals surface area contributed by atoms with Gasteiger partial charge in [0, 0.05) is 12.2 Å². The van der Waals surface area contributed by atoms with Crippen molar-refractivity contribution in [3.8, 4) is 0 Å². The van der Waals surface area contributed by atoms with Crippen molar-refractivity contribution in [2.24, 2.45) is 5.73 Å². The van der Waals surface area contributed by atoms with Gasteiger partial charge in [0.05, 0.1) is 5.39 Å². The molecule has 5 heteroatoms. The zero-order valence-electron chi connectivity index (χ0n) is 9.63. The van der Waals surface area contributed by atoms with Crippen LogP contribution in [0.5, 0.6) is 0 Å². The minimum Gasteiger partial charge on any atom is -0.339 e. The molecule has 0 bridgehead atoms. The number of aromatic nitrogens is 2. The Labute approximate surface area is 109 Å². The Morgan fingerprint density at radius 3 is 2.94 bits per heavy atom. The minimum absolute atomic E-state index is 0.501. The number of anilines is 2. The summed E-state index contributed by atoms with van der Waals surface area (Å²) in [5.41, 5.74) is 7.79. The predicted molar refractivity (Wildman–Crippen MR) is 75.0 cm³/mol. The van der Waals surface area contributed by atoms with Crippen LogP contribution in [0.1, 0.15) is 5.56 Å². The number of thiophene rings is 1. The molecule has 4 nitrogen and oxygen atoms in total. The molecule has 3 N–H and O–H groups in total. The second-order valence-corrected chi connectivity index (χ2v) is 4.74. The van der Waals surface area contributed by atoms with E-state index in [1.54, 1.807) is 17.7 Å². The Morgan fingerprint density at radius 2 is 2.06 bits per heavy atom. The fraction of sp³-hybridized carbons (Fsp3) is 0.0769. The quantitative estimate of drug-likeness (QED) is 0.756. The summed E-state index contributed by atoms with van der Waals surface area (Å²) < 4.78 is 0. The molecule has 0 aliphatic rings. The lowest BCUT2D eigenvalue weighted by Crippen LogP contribution is -2.02. The fourth-order valence-electron chi connectivity index (χ4n) is 1.84. The first kappa shape index (κ1) is 11.1. The molecule has 0 atom stereocenters. The lowest BCUT2D eigenvalue weighted by Gasteiger charge is -2.10. The zero-order chi connectivity index (χ0) is 12.4. The second-order valence-electron chi connectivity index (χ2n) is 3.85. The Kier molecular flexibility index (Phi) is 2.92. The van der Waals surface area contributed by atoms with Crippen molar-refractivity contribution in [3.63, 3.8) is 0 Å². The van der Waals surface area contributed by atoms with E-state index in [0.717, 1.165) is 27.3 Å². The van der Waals surface area contributed by atoms with E-state index in [9.17, 15) is 0 Å². The number of hydrogen-bond donors (Lipinski definition) is 2. The van der Waals surface area contributed by atoms with Gasteiger partial charge in [-0.3, -0.25) is 0 Å². The summed E-state index contributed by atoms with van der Waals surface area (Å²) in [6, 6.07) is 9.99. The summed E-state index contributed by atoms with van der Waals surface area (Å²) in [4.78, 5) is 9.51. The van der Waals surface area contributed by atoms with Crippen LogP contribution in [-0.4, -0.2) is 9.97 Å². The molecular weight excluding hydrogens is 244 g/mol. The number of nitrogens with one attached hydrogen (secondary N) is 1. The van der Waals surface area contributed by atoms with Crippen LogP contribution in [0.2, 0.25) is 0 Å². The van der Waals surface area contributed by atoms with Crippen molar-refractivity contribution in [1.29, 1.82) is 0 Å². The van der Waals surface area contributed by atoms with Crippen LogP contribution >= 0.6 is 11.3 Å². The van der Waals surface area contributed by atoms with Gasteiger partial charge in [0.15, 0.2) is 0 Å². The molecule has 0 fully saturated rings. The maximum absolute atomic E-state index is 5.73. The molecule has 0 saturated heterocycles. The third-order valence-corrected chi connectivity index (χ3v) is 3.57. The summed E-state index contributed by atoms with van der Waals surface area (Å²) in [7, 11) is 0. The van der Waals surface area contributed by atoms with Gasteiger partial charge in [0.25, 0.3) is 0 Å². The average molecular weight is 256 g/mol. The molecule has 0 amide bonds. The number of nitrogens with two attached hydrogens (primary N) is 1. The summed E-state index contributed by atoms with van der Waals surface area (Å²) in [5.74, 6) is 0.821. The van der Waals surface area contributed by atoms with E-state index in [2.05, 4.69) is 15.3 Å². The molecule has 0 aliphatic heterocycles. The monoisotopic (exact) mass is 256 g/mol. The molecule has 0 saturated carbocycles. The van der Waals surface area contributed by atoms with E-state index in [1.165, 1.54) is 0 Å². The summed E-state index contributed by atoms with van der Waals surface area (Å²) in [6.45, 7) is 0.501. The summed E-state index contributed by atoms with van der Waals surface area (Å²) in [5, 5.41) is 6.38. The Balaban J connectivity index is 2.04. The van der Waals surface area contributed by atoms with Crippen LogP contribution in [0.3, 0.4) is 0 Å². The van der Waals surface area contributed by atoms with E-state index in [-0.39, 0.29) is 0 Å². The predicted octanol–water partition coefficient (Wildman–Crippen LogP) is 2.89. The fourth-order valence-corrected chi connectivity index (χ4v) is 2.57. The first-order valence-corrected chi connectivity index (χ1v) is 6.49. The van der Waals surface area contributed by atoms with Crippen molar-refractivity contribution in [1.82, 2.24) is 9.97 Å². The Hall–Kier alpha value is -1.98. The highest BCUT2D eigenvalue weighted by atomic mass is 32.1. The first-order chi connectivity index (χ1) is 8.88. The van der Waals surface area contributed by atoms with Crippen molar-refractivity contribution < 1.29 is 0 Å². The van der Waals surface area contributed by atoms with Crippen LogP contribution < -0.4 is 11.1 Å². The van der Waals surface area contributed by atoms with E-state index < -0.39 is 0 Å². The first-order valence-electron chi connectivity index (χ1n) is 5.61. The van der Waals surface area contributed by atoms with Crippen LogP contribution in [0.15, 0.2) is 42.0 Å². The Bertz CT molecular complexity index is 677. The highest BCUT2D eigenvalue weighted by molar-refractivity contribution is 7.16. The van der Waals surface area contributed by atoms with Crippen LogP contribution in [0.4, 0.5) is 11.5 Å². The maximum Gasteiger partial charge on any atom is 0.142 e. The SMILES string of the molecule is NCc1ccccc1Nc1ncnc2sccc12. The number of fused-ring (bicyclic) bond motifs is 1. The number of hydrogen-bond acceptors (Lipinski definition) is 5. The highest BCUT2D eigenvalue weighted by Crippen LogP contribution is 2.27. The molecular formula is C13H12N4S. The van der Waals surface area contributed by atoms with Crippen molar-refractivity contribution >= 4 is 33.1 Å². The van der Waals surface area contributed by atoms with Gasteiger partial charge in [-0.2, -0.15) is 0 Å². The molecule has 1 aromatic carbocycles. The molecule has 3 rings (SSSR count). The lowest BCUT2D eigenvalue weighted by molar-refractivity contribution is 1.07. The molecule has 0 radical (unpaired) electrons. The minimum atomic E-state index is 0.501. The number of rotatable bonds is 3. The zero-order valence-corrected chi connectivity index (χ0v) is 10.4. The van der Waals surface area contributed by atoms with Gasteiger partial charge < -0.3 is 11.1 Å². The van der Waals surface area contributed by atoms with Crippen molar-refractivity contribution in [2.45, 2.75) is 6.54 Å². The molecule has 2 aromatic heterocycles. The topological polar surface area (TPSA) is 63.8 Å². The van der Waals surface area contributed by atoms with Gasteiger partial charge in [0.1, 0.15) is 17.0 Å². The van der Waals surface area contributed by atoms with Crippen molar-refractivity contribution in [2.75, 3.05) is 5.32 Å². The van der Waals surface area contributed by atoms with Gasteiger partial charge in [-0.15, -0.1) is 11.3 Å². The summed E-state index contributed by atoms with van der Waals surface area (Å²) in [6.07, 6.45) is 1.58. The molecule has 90 valence electrons. The van der Waals surface area contributed by atoms with E-state index in [1.807, 2.05) is 35.7 Å². The van der Waals surface area contributed by atoms with Crippen LogP contribution in [0, 0.1) is 0 Å². The van der Waals surface area contributed by atoms with Gasteiger partial charge in [-0.25, -0.2) is 9.97 Å². The summed E-state index contributed by atoms with van der Waals surface area (Å²) >= 11 is 1.61. The largest absolute Gasteiger partial charge is 0.339 e. The molecule has 0 unspecified atom stereocenters. The molecule has 2 heterocycles. The van der Waals surface area contributed by atoms with E-state index in [0.29, 0.717) is 6.54 Å². The smallest absolute Gasteiger partial charge is 0.142 e. The standard InChI is InChI=1S/C13H12N4S/c14-7-9-3-1-2-4-11(9)17-12-10-5-6-18-13(10)16-8-15-12/h1-6,8H,7,14H2,(H,15,16,17). The number of benzene rings is 1. The molecule has 18 heavy (non-hydrogen) atoms. The van der Waals surface area contributed by atoms with Gasteiger partial charge in [0.2, 0.25) is 0 Å². The van der Waals surface area contributed by atoms with Gasteiger partial charge in [-0.1, -0.05) is 18.2 Å². The maximum atomic E-state index is 5.73. The lowest BCUT2D eigenvalue weighted by atomic mass is 10.2.